The number of hydrogen-bond donors (Lipinski definition) is 0. The highest BCUT2D eigenvalue weighted by atomic mass is 14.6. The van der Waals surface area contributed by atoms with Gasteiger partial charge in [-0.15, -0.1) is 0 Å². The molecule has 0 spiro atoms. The first-order chi connectivity index (χ1) is 7.43. The largest absolute Gasteiger partial charge is 0.263 e. The molecule has 1 aromatic carbocycles. The van der Waals surface area contributed by atoms with E-state index in [9.17, 15) is 0 Å². The Bertz CT molecular complexity index is 551. The summed E-state index contributed by atoms with van der Waals surface area (Å²) in [5.74, 6) is 7.15. The first-order valence-corrected chi connectivity index (χ1v) is 5.28. The lowest BCUT2D eigenvalue weighted by molar-refractivity contribution is 1.18. The molecule has 1 heterocycles. The average Bonchev–Trinajstić information content (AvgIpc) is 3.10. The van der Waals surface area contributed by atoms with Crippen molar-refractivity contribution < 1.29 is 0 Å². The Morgan fingerprint density at radius 1 is 1.13 bits per heavy atom. The van der Waals surface area contributed by atoms with Gasteiger partial charge < -0.3 is 0 Å². The minimum absolute atomic E-state index is 0.643. The Labute approximate surface area is 89.2 Å². The number of rotatable bonds is 0. The fraction of sp³-hybridized carbons (Fsp3) is 0.214. The molecule has 1 nitrogen and oxygen atoms in total. The molecule has 1 aliphatic rings. The van der Waals surface area contributed by atoms with E-state index in [2.05, 4.69) is 29.0 Å². The van der Waals surface area contributed by atoms with Crippen LogP contribution in [0.3, 0.4) is 0 Å². The van der Waals surface area contributed by atoms with Gasteiger partial charge in [0.1, 0.15) is 0 Å². The van der Waals surface area contributed by atoms with Crippen LogP contribution in [0.25, 0.3) is 10.8 Å². The summed E-state index contributed by atoms with van der Waals surface area (Å²) in [4.78, 5) is 4.21. The Hall–Kier alpha value is -1.81. The maximum atomic E-state index is 4.21. The molecule has 0 aliphatic heterocycles. The number of fused-ring (bicyclic) bond motifs is 1. The van der Waals surface area contributed by atoms with E-state index in [0.717, 1.165) is 5.56 Å². The van der Waals surface area contributed by atoms with E-state index in [4.69, 9.17) is 0 Å². The van der Waals surface area contributed by atoms with Gasteiger partial charge in [-0.25, -0.2) is 0 Å². The van der Waals surface area contributed by atoms with E-state index in [1.54, 1.807) is 0 Å². The smallest absolute Gasteiger partial charge is 0.0507 e. The van der Waals surface area contributed by atoms with Crippen molar-refractivity contribution in [1.82, 2.24) is 4.98 Å². The molecular weight excluding hydrogens is 182 g/mol. The van der Waals surface area contributed by atoms with E-state index in [0.29, 0.717) is 5.92 Å². The van der Waals surface area contributed by atoms with Crippen molar-refractivity contribution in [3.8, 4) is 11.8 Å². The van der Waals surface area contributed by atoms with Crippen molar-refractivity contribution in [3.63, 3.8) is 0 Å². The fourth-order valence-corrected chi connectivity index (χ4v) is 1.62. The molecule has 0 N–H and O–H groups in total. The second kappa shape index (κ2) is 3.40. The van der Waals surface area contributed by atoms with Gasteiger partial charge in [-0.2, -0.15) is 0 Å². The zero-order valence-electron chi connectivity index (χ0n) is 8.40. The van der Waals surface area contributed by atoms with Crippen LogP contribution in [0.1, 0.15) is 18.4 Å². The molecule has 1 saturated carbocycles. The third-order valence-electron chi connectivity index (χ3n) is 2.66. The van der Waals surface area contributed by atoms with E-state index in [-0.39, 0.29) is 0 Å². The molecule has 3 rings (SSSR count). The lowest BCUT2D eigenvalue weighted by Crippen LogP contribution is -1.82. The average molecular weight is 193 g/mol. The lowest BCUT2D eigenvalue weighted by Gasteiger charge is -1.98. The molecule has 0 bridgehead atoms. The van der Waals surface area contributed by atoms with Crippen LogP contribution in [-0.4, -0.2) is 4.98 Å². The van der Waals surface area contributed by atoms with Gasteiger partial charge in [0.05, 0.1) is 5.56 Å². The molecular formula is C14H11N. The minimum atomic E-state index is 0.643. The summed E-state index contributed by atoms with van der Waals surface area (Å²) in [5, 5.41) is 2.38. The Morgan fingerprint density at radius 2 is 2.00 bits per heavy atom. The zero-order chi connectivity index (χ0) is 10.1. The van der Waals surface area contributed by atoms with Crippen LogP contribution >= 0.6 is 0 Å². The Balaban J connectivity index is 2.13. The predicted molar refractivity (Wildman–Crippen MR) is 61.3 cm³/mol. The quantitative estimate of drug-likeness (QED) is 0.586. The van der Waals surface area contributed by atoms with Crippen LogP contribution < -0.4 is 0 Å². The minimum Gasteiger partial charge on any atom is -0.263 e. The Morgan fingerprint density at radius 3 is 2.87 bits per heavy atom. The molecule has 0 amide bonds. The number of nitrogens with zero attached hydrogens (tertiary/aromatic N) is 1. The first-order valence-electron chi connectivity index (χ1n) is 5.28. The number of hydrogen-bond acceptors (Lipinski definition) is 1. The summed E-state index contributed by atoms with van der Waals surface area (Å²) < 4.78 is 0. The highest BCUT2D eigenvalue weighted by Gasteiger charge is 2.17. The molecule has 1 aromatic heterocycles. The fourth-order valence-electron chi connectivity index (χ4n) is 1.62. The van der Waals surface area contributed by atoms with Crippen molar-refractivity contribution in [2.45, 2.75) is 12.8 Å². The third-order valence-corrected chi connectivity index (χ3v) is 2.66. The van der Waals surface area contributed by atoms with Crippen LogP contribution in [-0.2, 0) is 0 Å². The van der Waals surface area contributed by atoms with Crippen LogP contribution in [0.15, 0.2) is 36.7 Å². The number of aromatic nitrogens is 1. The van der Waals surface area contributed by atoms with Crippen LogP contribution in [0.2, 0.25) is 0 Å². The second-order valence-corrected chi connectivity index (χ2v) is 3.95. The topological polar surface area (TPSA) is 12.9 Å². The summed E-state index contributed by atoms with van der Waals surface area (Å²) in [5.41, 5.74) is 1.06. The van der Waals surface area contributed by atoms with Crippen molar-refractivity contribution in [2.24, 2.45) is 5.92 Å². The maximum absolute atomic E-state index is 4.21. The first kappa shape index (κ1) is 8.49. The highest BCUT2D eigenvalue weighted by Crippen LogP contribution is 2.27. The zero-order valence-corrected chi connectivity index (χ0v) is 8.40. The molecule has 15 heavy (non-hydrogen) atoms. The van der Waals surface area contributed by atoms with E-state index < -0.39 is 0 Å². The van der Waals surface area contributed by atoms with Crippen molar-refractivity contribution >= 4 is 10.8 Å². The molecule has 72 valence electrons. The van der Waals surface area contributed by atoms with Gasteiger partial charge in [0.15, 0.2) is 0 Å². The van der Waals surface area contributed by atoms with Crippen molar-refractivity contribution in [2.75, 3.05) is 0 Å². The van der Waals surface area contributed by atoms with Crippen molar-refractivity contribution in [1.29, 1.82) is 0 Å². The molecule has 0 atom stereocenters. The molecule has 1 heteroatoms. The van der Waals surface area contributed by atoms with Gasteiger partial charge in [-0.3, -0.25) is 4.98 Å². The molecule has 1 aliphatic carbocycles. The Kier molecular flexibility index (Phi) is 1.93. The number of pyridine rings is 1. The predicted octanol–water partition coefficient (Wildman–Crippen LogP) is 3.00. The van der Waals surface area contributed by atoms with Gasteiger partial charge in [0, 0.05) is 29.1 Å². The molecule has 1 fully saturated rings. The lowest BCUT2D eigenvalue weighted by atomic mass is 10.1. The summed E-state index contributed by atoms with van der Waals surface area (Å²) in [6, 6.07) is 8.26. The summed E-state index contributed by atoms with van der Waals surface area (Å²) in [6.07, 6.45) is 6.28. The highest BCUT2D eigenvalue weighted by molar-refractivity contribution is 5.87. The summed E-state index contributed by atoms with van der Waals surface area (Å²) in [6.45, 7) is 0. The monoisotopic (exact) mass is 193 g/mol. The standard InChI is InChI=1S/C14H11N/c1-2-4-14-12(3-1)9-15-10-13(14)8-7-11-5-6-11/h1-4,9-11H,5-6H2. The van der Waals surface area contributed by atoms with Crippen LogP contribution in [0.4, 0.5) is 0 Å². The normalized spacial score (nSPS) is 14.7. The van der Waals surface area contributed by atoms with Crippen LogP contribution in [0, 0.1) is 17.8 Å². The summed E-state index contributed by atoms with van der Waals surface area (Å²) >= 11 is 0. The van der Waals surface area contributed by atoms with Crippen molar-refractivity contribution in [3.05, 3.63) is 42.2 Å². The van der Waals surface area contributed by atoms with E-state index in [1.807, 2.05) is 24.5 Å². The third kappa shape index (κ3) is 1.71. The van der Waals surface area contributed by atoms with Gasteiger partial charge >= 0.3 is 0 Å². The molecule has 2 aromatic rings. The van der Waals surface area contributed by atoms with Gasteiger partial charge in [0.2, 0.25) is 0 Å². The van der Waals surface area contributed by atoms with E-state index in [1.165, 1.54) is 23.6 Å². The second-order valence-electron chi connectivity index (χ2n) is 3.95. The van der Waals surface area contributed by atoms with Gasteiger partial charge in [0.25, 0.3) is 0 Å². The van der Waals surface area contributed by atoms with Gasteiger partial charge in [-0.1, -0.05) is 36.1 Å². The van der Waals surface area contributed by atoms with Gasteiger partial charge in [-0.05, 0) is 12.8 Å². The maximum Gasteiger partial charge on any atom is 0.0507 e. The van der Waals surface area contributed by atoms with Crippen LogP contribution in [0.5, 0.6) is 0 Å². The van der Waals surface area contributed by atoms with E-state index >= 15 is 0 Å². The molecule has 0 saturated heterocycles. The summed E-state index contributed by atoms with van der Waals surface area (Å²) in [7, 11) is 0. The molecule has 0 unspecified atom stereocenters. The number of benzene rings is 1. The molecule has 0 radical (unpaired) electrons. The SMILES string of the molecule is C(#CC1CC1)c1cncc2ccccc12.